The van der Waals surface area contributed by atoms with Gasteiger partial charge in [0.05, 0.1) is 5.69 Å². The zero-order valence-corrected chi connectivity index (χ0v) is 19.8. The van der Waals surface area contributed by atoms with E-state index in [0.717, 1.165) is 67.2 Å². The first-order valence-electron chi connectivity index (χ1n) is 11.6. The second-order valence-electron chi connectivity index (χ2n) is 8.71. The molecule has 1 unspecified atom stereocenters. The number of nitrogens with zero attached hydrogens (tertiary/aromatic N) is 3. The van der Waals surface area contributed by atoms with Crippen LogP contribution in [0, 0.1) is 0 Å². The van der Waals surface area contributed by atoms with E-state index in [4.69, 9.17) is 16.6 Å². The number of benzene rings is 1. The molecule has 1 atom stereocenters. The Bertz CT molecular complexity index is 1120. The molecule has 0 amide bonds. The van der Waals surface area contributed by atoms with Crippen LogP contribution in [0.5, 0.6) is 0 Å². The van der Waals surface area contributed by atoms with Gasteiger partial charge in [-0.25, -0.2) is 9.97 Å². The first-order chi connectivity index (χ1) is 16.1. The molecule has 1 aromatic heterocycles. The standard InChI is InChI=1S/C25H30ClN7/c1-3-9-25-20(16-29-23(25)17(2)15-22(26)32-25)21-8-10-28-24(31-21)30-18-4-6-19(7-5-18)33-13-11-27-12-14-33/h4-8,10,15-16,27,29,32H,3,9,11-14H2,1-2H3,(H,28,30,31). The second-order valence-corrected chi connectivity index (χ2v) is 9.11. The van der Waals surface area contributed by atoms with Crippen molar-refractivity contribution >= 4 is 34.5 Å². The number of nitrogens with one attached hydrogen (secondary N) is 4. The second kappa shape index (κ2) is 9.08. The van der Waals surface area contributed by atoms with Gasteiger partial charge in [-0.3, -0.25) is 0 Å². The summed E-state index contributed by atoms with van der Waals surface area (Å²) in [7, 11) is 0. The predicted molar refractivity (Wildman–Crippen MR) is 135 cm³/mol. The number of halogens is 1. The molecule has 2 aromatic rings. The van der Waals surface area contributed by atoms with Crippen molar-refractivity contribution in [1.29, 1.82) is 0 Å². The zero-order valence-electron chi connectivity index (χ0n) is 19.1. The van der Waals surface area contributed by atoms with E-state index in [9.17, 15) is 0 Å². The third-order valence-electron chi connectivity index (χ3n) is 6.48. The highest BCUT2D eigenvalue weighted by atomic mass is 35.5. The van der Waals surface area contributed by atoms with E-state index in [1.165, 1.54) is 5.69 Å². The van der Waals surface area contributed by atoms with E-state index in [0.29, 0.717) is 11.1 Å². The summed E-state index contributed by atoms with van der Waals surface area (Å²) in [6.07, 6.45) is 7.71. The molecule has 0 bridgehead atoms. The van der Waals surface area contributed by atoms with Crippen LogP contribution in [0.2, 0.25) is 0 Å². The van der Waals surface area contributed by atoms with Crippen LogP contribution in [0.4, 0.5) is 17.3 Å². The van der Waals surface area contributed by atoms with Crippen LogP contribution in [0.25, 0.3) is 5.57 Å². The van der Waals surface area contributed by atoms with Crippen molar-refractivity contribution in [3.05, 3.63) is 70.9 Å². The fraction of sp³-hybridized carbons (Fsp3) is 0.360. The lowest BCUT2D eigenvalue weighted by Crippen LogP contribution is -2.48. The molecule has 0 spiro atoms. The molecule has 1 fully saturated rings. The van der Waals surface area contributed by atoms with Crippen molar-refractivity contribution in [2.75, 3.05) is 36.4 Å². The number of hydrogen-bond acceptors (Lipinski definition) is 7. The Morgan fingerprint density at radius 3 is 2.70 bits per heavy atom. The highest BCUT2D eigenvalue weighted by Gasteiger charge is 2.45. The Labute approximate surface area is 200 Å². The van der Waals surface area contributed by atoms with Crippen LogP contribution in [0.1, 0.15) is 32.4 Å². The monoisotopic (exact) mass is 463 g/mol. The minimum atomic E-state index is -0.402. The molecule has 5 rings (SSSR count). The van der Waals surface area contributed by atoms with Crippen LogP contribution in [0.15, 0.2) is 65.2 Å². The molecular weight excluding hydrogens is 434 g/mol. The van der Waals surface area contributed by atoms with E-state index in [2.05, 4.69) is 69.3 Å². The maximum atomic E-state index is 6.47. The van der Waals surface area contributed by atoms with Gasteiger partial charge >= 0.3 is 0 Å². The quantitative estimate of drug-likeness (QED) is 0.481. The fourth-order valence-electron chi connectivity index (χ4n) is 4.97. The summed E-state index contributed by atoms with van der Waals surface area (Å²) in [6, 6.07) is 10.4. The summed E-state index contributed by atoms with van der Waals surface area (Å²) < 4.78 is 0. The van der Waals surface area contributed by atoms with Gasteiger partial charge in [0.15, 0.2) is 0 Å². The molecule has 3 aliphatic rings. The number of rotatable bonds is 6. The van der Waals surface area contributed by atoms with Crippen LogP contribution in [-0.4, -0.2) is 41.7 Å². The van der Waals surface area contributed by atoms with Gasteiger partial charge in [-0.05, 0) is 55.3 Å². The Hall–Kier alpha value is -3.03. The summed E-state index contributed by atoms with van der Waals surface area (Å²) in [5, 5.41) is 14.4. The third-order valence-corrected chi connectivity index (χ3v) is 6.68. The van der Waals surface area contributed by atoms with Crippen molar-refractivity contribution < 1.29 is 0 Å². The first-order valence-corrected chi connectivity index (χ1v) is 12.0. The van der Waals surface area contributed by atoms with Gasteiger partial charge in [-0.15, -0.1) is 0 Å². The lowest BCUT2D eigenvalue weighted by Gasteiger charge is -2.38. The van der Waals surface area contributed by atoms with Crippen molar-refractivity contribution in [3.63, 3.8) is 0 Å². The van der Waals surface area contributed by atoms with Gasteiger partial charge in [0.2, 0.25) is 5.95 Å². The van der Waals surface area contributed by atoms with E-state index >= 15 is 0 Å². The maximum Gasteiger partial charge on any atom is 0.227 e. The highest BCUT2D eigenvalue weighted by molar-refractivity contribution is 6.29. The van der Waals surface area contributed by atoms with Gasteiger partial charge in [-0.1, -0.05) is 24.9 Å². The number of anilines is 3. The molecule has 172 valence electrons. The van der Waals surface area contributed by atoms with Gasteiger partial charge < -0.3 is 26.2 Å². The van der Waals surface area contributed by atoms with Crippen LogP contribution < -0.4 is 26.2 Å². The van der Waals surface area contributed by atoms with Crippen LogP contribution in [-0.2, 0) is 0 Å². The third kappa shape index (κ3) is 4.18. The van der Waals surface area contributed by atoms with Gasteiger partial charge in [0.25, 0.3) is 0 Å². The predicted octanol–water partition coefficient (Wildman–Crippen LogP) is 4.07. The molecule has 8 heteroatoms. The van der Waals surface area contributed by atoms with Crippen LogP contribution >= 0.6 is 11.6 Å². The number of aromatic nitrogens is 2. The molecular formula is C25H30ClN7. The smallest absolute Gasteiger partial charge is 0.227 e. The molecule has 33 heavy (non-hydrogen) atoms. The summed E-state index contributed by atoms with van der Waals surface area (Å²) in [4.78, 5) is 11.7. The van der Waals surface area contributed by atoms with Crippen molar-refractivity contribution in [3.8, 4) is 0 Å². The molecule has 0 radical (unpaired) electrons. The SMILES string of the molecule is CCCC12NC(Cl)=CC(C)=C1NC=C2c1ccnc(Nc2ccc(N3CCNCC3)cc2)n1. The van der Waals surface area contributed by atoms with E-state index in [-0.39, 0.29) is 0 Å². The van der Waals surface area contributed by atoms with Gasteiger partial charge in [0.1, 0.15) is 10.7 Å². The number of piperazine rings is 1. The van der Waals surface area contributed by atoms with Crippen molar-refractivity contribution in [2.24, 2.45) is 0 Å². The van der Waals surface area contributed by atoms with E-state index in [1.54, 1.807) is 6.20 Å². The highest BCUT2D eigenvalue weighted by Crippen LogP contribution is 2.44. The number of dihydropyridines is 1. The first kappa shape index (κ1) is 21.8. The summed E-state index contributed by atoms with van der Waals surface area (Å²) >= 11 is 6.47. The Kier molecular flexibility index (Phi) is 6.00. The average molecular weight is 464 g/mol. The maximum absolute atomic E-state index is 6.47. The number of allylic oxidation sites excluding steroid dienone is 2. The molecule has 1 aromatic carbocycles. The topological polar surface area (TPSA) is 77.1 Å². The Morgan fingerprint density at radius 1 is 1.15 bits per heavy atom. The molecule has 3 aliphatic heterocycles. The van der Waals surface area contributed by atoms with Crippen LogP contribution in [0.3, 0.4) is 0 Å². The average Bonchev–Trinajstić information content (AvgIpc) is 3.20. The summed E-state index contributed by atoms with van der Waals surface area (Å²) in [5.41, 5.74) is 6.02. The molecule has 0 aliphatic carbocycles. The normalized spacial score (nSPS) is 22.2. The molecule has 7 nitrogen and oxygen atoms in total. The number of fused-ring (bicyclic) bond motifs is 1. The summed E-state index contributed by atoms with van der Waals surface area (Å²) in [6.45, 7) is 8.38. The molecule has 4 heterocycles. The van der Waals surface area contributed by atoms with E-state index < -0.39 is 5.54 Å². The zero-order chi connectivity index (χ0) is 22.8. The van der Waals surface area contributed by atoms with Gasteiger partial charge in [0, 0.05) is 61.2 Å². The molecule has 1 saturated heterocycles. The number of hydrogen-bond donors (Lipinski definition) is 4. The minimum absolute atomic E-state index is 0.402. The summed E-state index contributed by atoms with van der Waals surface area (Å²) in [5.74, 6) is 0.571. The Balaban J connectivity index is 1.38. The lowest BCUT2D eigenvalue weighted by molar-refractivity contribution is 0.479. The largest absolute Gasteiger partial charge is 0.369 e. The minimum Gasteiger partial charge on any atom is -0.369 e. The van der Waals surface area contributed by atoms with E-state index in [1.807, 2.05) is 18.3 Å². The van der Waals surface area contributed by atoms with Crippen molar-refractivity contribution in [1.82, 2.24) is 25.9 Å². The van der Waals surface area contributed by atoms with Crippen molar-refractivity contribution in [2.45, 2.75) is 32.2 Å². The fourth-order valence-corrected chi connectivity index (χ4v) is 5.30. The lowest BCUT2D eigenvalue weighted by atomic mass is 9.80. The van der Waals surface area contributed by atoms with Gasteiger partial charge in [-0.2, -0.15) is 0 Å². The molecule has 0 saturated carbocycles. The molecule has 4 N–H and O–H groups in total. The Morgan fingerprint density at radius 2 is 1.94 bits per heavy atom.